The third kappa shape index (κ3) is 54.6. The topological polar surface area (TPSA) is 78.9 Å². The van der Waals surface area contributed by atoms with E-state index in [9.17, 15) is 14.4 Å². The Morgan fingerprint density at radius 3 is 0.957 bits per heavy atom. The van der Waals surface area contributed by atoms with Gasteiger partial charge in [0.25, 0.3) is 0 Å². The van der Waals surface area contributed by atoms with Crippen molar-refractivity contribution in [3.63, 3.8) is 0 Å². The highest BCUT2D eigenvalue weighted by atomic mass is 16.6. The smallest absolute Gasteiger partial charge is 0.306 e. The molecule has 0 spiro atoms. The van der Waals surface area contributed by atoms with Crippen LogP contribution in [0.25, 0.3) is 0 Å². The molecule has 6 heteroatoms. The van der Waals surface area contributed by atoms with E-state index in [0.29, 0.717) is 19.3 Å². The quantitative estimate of drug-likeness (QED) is 0.0262. The predicted octanol–water partition coefficient (Wildman–Crippen LogP) is 18.9. The van der Waals surface area contributed by atoms with E-state index in [1.54, 1.807) is 0 Å². The van der Waals surface area contributed by atoms with Crippen LogP contribution < -0.4 is 0 Å². The van der Waals surface area contributed by atoms with E-state index < -0.39 is 6.10 Å². The summed E-state index contributed by atoms with van der Waals surface area (Å²) in [6.07, 6.45) is 78.0. The van der Waals surface area contributed by atoms with Gasteiger partial charge in [0.2, 0.25) is 0 Å². The lowest BCUT2D eigenvalue weighted by Crippen LogP contribution is -2.30. The third-order valence-electron chi connectivity index (χ3n) is 11.5. The van der Waals surface area contributed by atoms with E-state index >= 15 is 0 Å². The van der Waals surface area contributed by atoms with Crippen LogP contribution in [0.3, 0.4) is 0 Å². The molecule has 390 valence electrons. The second kappa shape index (κ2) is 56.4. The van der Waals surface area contributed by atoms with Crippen LogP contribution in [0.4, 0.5) is 0 Å². The maximum absolute atomic E-state index is 12.8. The predicted molar refractivity (Wildman–Crippen MR) is 297 cm³/mol. The van der Waals surface area contributed by atoms with Crippen LogP contribution in [0.15, 0.2) is 122 Å². The molecule has 0 radical (unpaired) electrons. The molecule has 0 aromatic rings. The molecule has 0 N–H and O–H groups in total. The molecule has 0 aromatic heterocycles. The fourth-order valence-electron chi connectivity index (χ4n) is 7.26. The van der Waals surface area contributed by atoms with Gasteiger partial charge in [0.1, 0.15) is 13.2 Å². The lowest BCUT2D eigenvalue weighted by atomic mass is 10.1. The van der Waals surface area contributed by atoms with Crippen molar-refractivity contribution in [3.8, 4) is 0 Å². The van der Waals surface area contributed by atoms with Gasteiger partial charge in [-0.2, -0.15) is 0 Å². The fourth-order valence-corrected chi connectivity index (χ4v) is 7.26. The maximum Gasteiger partial charge on any atom is 0.306 e. The molecule has 0 heterocycles. The Balaban J connectivity index is 4.29. The van der Waals surface area contributed by atoms with Crippen molar-refractivity contribution >= 4 is 17.9 Å². The summed E-state index contributed by atoms with van der Waals surface area (Å²) in [6.45, 7) is 6.39. The van der Waals surface area contributed by atoms with Crippen molar-refractivity contribution in [1.82, 2.24) is 0 Å². The Hall–Kier alpha value is -4.19. The molecule has 6 nitrogen and oxygen atoms in total. The number of unbranched alkanes of at least 4 members (excludes halogenated alkanes) is 18. The van der Waals surface area contributed by atoms with Crippen LogP contribution in [0.5, 0.6) is 0 Å². The van der Waals surface area contributed by atoms with Gasteiger partial charge in [-0.05, 0) is 109 Å². The maximum atomic E-state index is 12.8. The second-order valence-electron chi connectivity index (χ2n) is 18.1. The Kier molecular flexibility index (Phi) is 53.0. The fraction of sp³-hybridized carbons (Fsp3) is 0.635. The number of hydrogen-bond acceptors (Lipinski definition) is 6. The molecule has 0 amide bonds. The summed E-state index contributed by atoms with van der Waals surface area (Å²) in [6, 6.07) is 0. The summed E-state index contributed by atoms with van der Waals surface area (Å²) in [5.74, 6) is -0.987. The van der Waals surface area contributed by atoms with Crippen molar-refractivity contribution in [2.45, 2.75) is 245 Å². The average molecular weight is 956 g/mol. The van der Waals surface area contributed by atoms with E-state index in [1.165, 1.54) is 77.0 Å². The first-order valence-corrected chi connectivity index (χ1v) is 28.0. The number of carbonyl (C=O) groups is 3. The standard InChI is InChI=1S/C63H102O6/c1-4-7-10-13-16-18-20-22-24-26-27-28-29-30-31-32-33-34-35-36-37-38-40-41-43-45-47-50-53-56-62(65)68-59-60(58-67-61(64)55-52-49-15-12-9-6-3)69-63(66)57-54-51-48-46-44-42-39-25-23-21-19-17-14-11-8-5-2/h7,10,16,18,22,24-25,27-28,30-31,33-34,36-37,39-41,45,47,60H,4-6,8-9,11-15,17,19-21,23,26,29,32,35,38,42-44,46,48-59H2,1-3H3/b10-7-,18-16-,24-22-,28-27-,31-30-,34-33-,37-36-,39-25-,41-40-,47-45-. The monoisotopic (exact) mass is 955 g/mol. The highest BCUT2D eigenvalue weighted by Crippen LogP contribution is 2.13. The number of carbonyl (C=O) groups excluding carboxylic acids is 3. The summed E-state index contributed by atoms with van der Waals surface area (Å²) in [7, 11) is 0. The Morgan fingerprint density at radius 2 is 0.580 bits per heavy atom. The normalized spacial score (nSPS) is 13.0. The highest BCUT2D eigenvalue weighted by molar-refractivity contribution is 5.71. The highest BCUT2D eigenvalue weighted by Gasteiger charge is 2.19. The van der Waals surface area contributed by atoms with Crippen LogP contribution in [-0.4, -0.2) is 37.2 Å². The zero-order valence-corrected chi connectivity index (χ0v) is 44.5. The molecule has 0 saturated carbocycles. The van der Waals surface area contributed by atoms with Gasteiger partial charge < -0.3 is 14.2 Å². The number of ether oxygens (including phenoxy) is 3. The number of rotatable bonds is 49. The SMILES string of the molecule is CC/C=C\C/C=C\C/C=C\C/C=C\C/C=C\C/C=C\C/C=C\C/C=C\C/C=C\CCCC(=O)OCC(COC(=O)CCCCCCCC)OC(=O)CCCCCCC/C=C\CCCCCCCCC. The van der Waals surface area contributed by atoms with Crippen LogP contribution in [0.1, 0.15) is 239 Å². The third-order valence-corrected chi connectivity index (χ3v) is 11.5. The molecule has 0 rings (SSSR count). The Morgan fingerprint density at radius 1 is 0.304 bits per heavy atom. The van der Waals surface area contributed by atoms with Crippen LogP contribution >= 0.6 is 0 Å². The molecule has 1 atom stereocenters. The summed E-state index contributed by atoms with van der Waals surface area (Å²) in [5, 5.41) is 0. The van der Waals surface area contributed by atoms with E-state index in [4.69, 9.17) is 14.2 Å². The van der Waals surface area contributed by atoms with E-state index in [1.807, 2.05) is 0 Å². The summed E-state index contributed by atoms with van der Waals surface area (Å²) >= 11 is 0. The summed E-state index contributed by atoms with van der Waals surface area (Å²) < 4.78 is 16.7. The van der Waals surface area contributed by atoms with E-state index in [2.05, 4.69) is 142 Å². The van der Waals surface area contributed by atoms with Crippen molar-refractivity contribution in [2.75, 3.05) is 13.2 Å². The van der Waals surface area contributed by atoms with Gasteiger partial charge in [0.05, 0.1) is 0 Å². The molecule has 0 fully saturated rings. The lowest BCUT2D eigenvalue weighted by Gasteiger charge is -2.18. The first-order valence-electron chi connectivity index (χ1n) is 28.0. The lowest BCUT2D eigenvalue weighted by molar-refractivity contribution is -0.167. The largest absolute Gasteiger partial charge is 0.462 e. The molecule has 1 unspecified atom stereocenters. The van der Waals surface area contributed by atoms with Crippen LogP contribution in [-0.2, 0) is 28.6 Å². The minimum Gasteiger partial charge on any atom is -0.462 e. The van der Waals surface area contributed by atoms with Crippen LogP contribution in [0.2, 0.25) is 0 Å². The first-order chi connectivity index (χ1) is 34.0. The minimum absolute atomic E-state index is 0.102. The number of hydrogen-bond donors (Lipinski definition) is 0. The van der Waals surface area contributed by atoms with Gasteiger partial charge in [-0.25, -0.2) is 0 Å². The number of esters is 3. The zero-order chi connectivity index (χ0) is 50.0. The summed E-state index contributed by atoms with van der Waals surface area (Å²) in [5.41, 5.74) is 0. The molecule has 0 aliphatic rings. The van der Waals surface area contributed by atoms with Crippen molar-refractivity contribution in [3.05, 3.63) is 122 Å². The molecular weight excluding hydrogens is 853 g/mol. The van der Waals surface area contributed by atoms with Gasteiger partial charge in [-0.15, -0.1) is 0 Å². The molecular formula is C63H102O6. The van der Waals surface area contributed by atoms with Gasteiger partial charge in [-0.3, -0.25) is 14.4 Å². The Bertz CT molecular complexity index is 1470. The average Bonchev–Trinajstić information content (AvgIpc) is 3.35. The molecule has 0 aliphatic carbocycles. The molecule has 0 bridgehead atoms. The minimum atomic E-state index is -0.805. The molecule has 69 heavy (non-hydrogen) atoms. The van der Waals surface area contributed by atoms with Crippen LogP contribution in [0, 0.1) is 0 Å². The van der Waals surface area contributed by atoms with Gasteiger partial charge in [0.15, 0.2) is 6.10 Å². The Labute approximate surface area is 424 Å². The zero-order valence-electron chi connectivity index (χ0n) is 44.5. The first kappa shape index (κ1) is 64.8. The van der Waals surface area contributed by atoms with Gasteiger partial charge in [0, 0.05) is 19.3 Å². The van der Waals surface area contributed by atoms with Crippen molar-refractivity contribution < 1.29 is 28.6 Å². The van der Waals surface area contributed by atoms with E-state index in [0.717, 1.165) is 116 Å². The molecule has 0 saturated heterocycles. The van der Waals surface area contributed by atoms with Crippen molar-refractivity contribution in [2.24, 2.45) is 0 Å². The van der Waals surface area contributed by atoms with Gasteiger partial charge >= 0.3 is 17.9 Å². The van der Waals surface area contributed by atoms with Crippen molar-refractivity contribution in [1.29, 1.82) is 0 Å². The number of allylic oxidation sites excluding steroid dienone is 20. The second-order valence-corrected chi connectivity index (χ2v) is 18.1. The molecule has 0 aromatic carbocycles. The van der Waals surface area contributed by atoms with E-state index in [-0.39, 0.29) is 37.5 Å². The summed E-state index contributed by atoms with van der Waals surface area (Å²) in [4.78, 5) is 37.8. The molecule has 0 aliphatic heterocycles. The van der Waals surface area contributed by atoms with Gasteiger partial charge in [-0.1, -0.05) is 232 Å².